The summed E-state index contributed by atoms with van der Waals surface area (Å²) in [7, 11) is 0. The largest absolute Gasteiger partial charge is 0.475 e. The van der Waals surface area contributed by atoms with Gasteiger partial charge in [0.1, 0.15) is 11.4 Å². The Balaban J connectivity index is 1.79. The van der Waals surface area contributed by atoms with E-state index < -0.39 is 17.7 Å². The molecule has 7 nitrogen and oxygen atoms in total. The summed E-state index contributed by atoms with van der Waals surface area (Å²) in [5, 5.41) is 14.6. The number of carboxylic acids is 1. The lowest BCUT2D eigenvalue weighted by Gasteiger charge is -2.19. The van der Waals surface area contributed by atoms with Gasteiger partial charge >= 0.3 is 12.1 Å². The Bertz CT molecular complexity index is 729. The maximum atomic E-state index is 11.7. The third kappa shape index (κ3) is 6.31. The molecule has 1 aromatic heterocycles. The standard InChI is InChI=1S/C18H22N2O5/c1-18(2,3)25-17(23)20-13-6-4-12(5-7-13)10-19-11-14-8-9-15(24-14)16(21)22/h4-9,19H,10-11H2,1-3H3,(H,20,23)(H,21,22). The topological polar surface area (TPSA) is 101 Å². The molecule has 134 valence electrons. The highest BCUT2D eigenvalue weighted by Crippen LogP contribution is 2.13. The lowest BCUT2D eigenvalue weighted by atomic mass is 10.2. The van der Waals surface area contributed by atoms with Crippen molar-refractivity contribution in [3.8, 4) is 0 Å². The molecule has 25 heavy (non-hydrogen) atoms. The van der Waals surface area contributed by atoms with Crippen LogP contribution < -0.4 is 10.6 Å². The highest BCUT2D eigenvalue weighted by atomic mass is 16.6. The third-order valence-electron chi connectivity index (χ3n) is 3.10. The number of hydrogen-bond acceptors (Lipinski definition) is 5. The van der Waals surface area contributed by atoms with E-state index in [0.717, 1.165) is 5.56 Å². The molecule has 0 unspecified atom stereocenters. The van der Waals surface area contributed by atoms with Gasteiger partial charge in [-0.05, 0) is 50.6 Å². The normalized spacial score (nSPS) is 11.2. The molecule has 1 aromatic carbocycles. The van der Waals surface area contributed by atoms with Crippen LogP contribution in [-0.4, -0.2) is 22.8 Å². The Morgan fingerprint density at radius 2 is 1.76 bits per heavy atom. The van der Waals surface area contributed by atoms with Crippen LogP contribution in [0, 0.1) is 0 Å². The van der Waals surface area contributed by atoms with E-state index in [1.807, 2.05) is 12.1 Å². The van der Waals surface area contributed by atoms with Crippen LogP contribution in [0.5, 0.6) is 0 Å². The predicted octanol–water partition coefficient (Wildman–Crippen LogP) is 3.61. The van der Waals surface area contributed by atoms with Gasteiger partial charge in [-0.15, -0.1) is 0 Å². The summed E-state index contributed by atoms with van der Waals surface area (Å²) in [6.45, 7) is 6.42. The van der Waals surface area contributed by atoms with E-state index in [2.05, 4.69) is 10.6 Å². The predicted molar refractivity (Wildman–Crippen MR) is 92.5 cm³/mol. The number of anilines is 1. The lowest BCUT2D eigenvalue weighted by molar-refractivity contribution is 0.0632. The fraction of sp³-hybridized carbons (Fsp3) is 0.333. The Morgan fingerprint density at radius 3 is 2.32 bits per heavy atom. The van der Waals surface area contributed by atoms with Crippen molar-refractivity contribution in [1.29, 1.82) is 0 Å². The summed E-state index contributed by atoms with van der Waals surface area (Å²) in [5.41, 5.74) is 1.12. The number of nitrogens with one attached hydrogen (secondary N) is 2. The van der Waals surface area contributed by atoms with Crippen molar-refractivity contribution in [2.24, 2.45) is 0 Å². The lowest BCUT2D eigenvalue weighted by Crippen LogP contribution is -2.27. The van der Waals surface area contributed by atoms with E-state index in [4.69, 9.17) is 14.3 Å². The molecule has 2 rings (SSSR count). The molecule has 0 aliphatic heterocycles. The van der Waals surface area contributed by atoms with Crippen molar-refractivity contribution < 1.29 is 23.8 Å². The molecule has 1 heterocycles. The fourth-order valence-corrected chi connectivity index (χ4v) is 2.05. The number of rotatable bonds is 6. The van der Waals surface area contributed by atoms with Gasteiger partial charge in [-0.2, -0.15) is 0 Å². The summed E-state index contributed by atoms with van der Waals surface area (Å²) in [6.07, 6.45) is -0.495. The minimum Gasteiger partial charge on any atom is -0.475 e. The summed E-state index contributed by atoms with van der Waals surface area (Å²) in [6, 6.07) is 10.4. The average Bonchev–Trinajstić information content (AvgIpc) is 2.96. The number of carboxylic acid groups (broad SMARTS) is 1. The van der Waals surface area contributed by atoms with E-state index in [0.29, 0.717) is 24.5 Å². The second-order valence-corrected chi connectivity index (χ2v) is 6.50. The third-order valence-corrected chi connectivity index (χ3v) is 3.10. The van der Waals surface area contributed by atoms with Gasteiger partial charge < -0.3 is 19.6 Å². The van der Waals surface area contributed by atoms with E-state index in [-0.39, 0.29) is 5.76 Å². The van der Waals surface area contributed by atoms with Crippen LogP contribution >= 0.6 is 0 Å². The molecule has 0 spiro atoms. The Hall–Kier alpha value is -2.80. The molecule has 0 aliphatic carbocycles. The Morgan fingerprint density at radius 1 is 1.08 bits per heavy atom. The van der Waals surface area contributed by atoms with Gasteiger partial charge in [0.25, 0.3) is 0 Å². The molecule has 0 bridgehead atoms. The molecule has 0 fully saturated rings. The van der Waals surface area contributed by atoms with Gasteiger partial charge in [-0.3, -0.25) is 5.32 Å². The quantitative estimate of drug-likeness (QED) is 0.738. The van der Waals surface area contributed by atoms with Crippen LogP contribution in [0.3, 0.4) is 0 Å². The Kier molecular flexibility index (Phi) is 5.82. The molecule has 0 aliphatic rings. The molecule has 0 radical (unpaired) electrons. The summed E-state index contributed by atoms with van der Waals surface area (Å²) < 4.78 is 10.4. The van der Waals surface area contributed by atoms with Crippen LogP contribution in [0.25, 0.3) is 0 Å². The molecule has 1 amide bonds. The van der Waals surface area contributed by atoms with Crippen LogP contribution in [0.4, 0.5) is 10.5 Å². The first kappa shape index (κ1) is 18.5. The molecule has 7 heteroatoms. The summed E-state index contributed by atoms with van der Waals surface area (Å²) in [4.78, 5) is 22.4. The van der Waals surface area contributed by atoms with Crippen molar-refractivity contribution in [2.45, 2.75) is 39.5 Å². The first-order chi connectivity index (χ1) is 11.7. The van der Waals surface area contributed by atoms with Gasteiger partial charge in [0.05, 0.1) is 6.54 Å². The first-order valence-electron chi connectivity index (χ1n) is 7.84. The fourth-order valence-electron chi connectivity index (χ4n) is 2.05. The molecular weight excluding hydrogens is 324 g/mol. The number of ether oxygens (including phenoxy) is 1. The monoisotopic (exact) mass is 346 g/mol. The minimum atomic E-state index is -1.08. The van der Waals surface area contributed by atoms with Gasteiger partial charge in [-0.25, -0.2) is 9.59 Å². The first-order valence-corrected chi connectivity index (χ1v) is 7.84. The number of furan rings is 1. The molecule has 0 atom stereocenters. The van der Waals surface area contributed by atoms with Crippen molar-refractivity contribution in [3.63, 3.8) is 0 Å². The van der Waals surface area contributed by atoms with Crippen molar-refractivity contribution in [2.75, 3.05) is 5.32 Å². The maximum absolute atomic E-state index is 11.7. The number of hydrogen-bond donors (Lipinski definition) is 3. The number of aromatic carboxylic acids is 1. The van der Waals surface area contributed by atoms with E-state index in [1.165, 1.54) is 6.07 Å². The van der Waals surface area contributed by atoms with Gasteiger partial charge in [0.15, 0.2) is 0 Å². The molecule has 0 saturated carbocycles. The van der Waals surface area contributed by atoms with Crippen LogP contribution in [0.15, 0.2) is 40.8 Å². The van der Waals surface area contributed by atoms with Crippen LogP contribution in [0.2, 0.25) is 0 Å². The SMILES string of the molecule is CC(C)(C)OC(=O)Nc1ccc(CNCc2ccc(C(=O)O)o2)cc1. The number of carbonyl (C=O) groups excluding carboxylic acids is 1. The molecule has 2 aromatic rings. The maximum Gasteiger partial charge on any atom is 0.412 e. The highest BCUT2D eigenvalue weighted by Gasteiger charge is 2.16. The van der Waals surface area contributed by atoms with Gasteiger partial charge in [0.2, 0.25) is 5.76 Å². The van der Waals surface area contributed by atoms with Gasteiger partial charge in [-0.1, -0.05) is 12.1 Å². The van der Waals surface area contributed by atoms with Crippen LogP contribution in [-0.2, 0) is 17.8 Å². The van der Waals surface area contributed by atoms with Crippen molar-refractivity contribution in [1.82, 2.24) is 5.32 Å². The van der Waals surface area contributed by atoms with Crippen molar-refractivity contribution in [3.05, 3.63) is 53.5 Å². The van der Waals surface area contributed by atoms with Crippen molar-refractivity contribution >= 4 is 17.7 Å². The molecular formula is C18H22N2O5. The second-order valence-electron chi connectivity index (χ2n) is 6.50. The zero-order valence-electron chi connectivity index (χ0n) is 14.5. The zero-order valence-corrected chi connectivity index (χ0v) is 14.5. The second kappa shape index (κ2) is 7.85. The van der Waals surface area contributed by atoms with Crippen LogP contribution in [0.1, 0.15) is 42.6 Å². The number of amides is 1. The molecule has 3 N–H and O–H groups in total. The van der Waals surface area contributed by atoms with E-state index in [9.17, 15) is 9.59 Å². The number of carbonyl (C=O) groups is 2. The Labute approximate surface area is 146 Å². The smallest absolute Gasteiger partial charge is 0.412 e. The molecule has 0 saturated heterocycles. The van der Waals surface area contributed by atoms with E-state index >= 15 is 0 Å². The summed E-state index contributed by atoms with van der Waals surface area (Å²) in [5.74, 6) is -0.602. The summed E-state index contributed by atoms with van der Waals surface area (Å²) >= 11 is 0. The zero-order chi connectivity index (χ0) is 18.4. The highest BCUT2D eigenvalue weighted by molar-refractivity contribution is 5.85. The number of benzene rings is 1. The van der Waals surface area contributed by atoms with Gasteiger partial charge in [0, 0.05) is 12.2 Å². The van der Waals surface area contributed by atoms with E-state index in [1.54, 1.807) is 39.0 Å². The minimum absolute atomic E-state index is 0.0747. The average molecular weight is 346 g/mol.